The minimum atomic E-state index is -2.85. The van der Waals surface area contributed by atoms with Gasteiger partial charge in [-0.25, -0.2) is 13.4 Å². The highest BCUT2D eigenvalue weighted by atomic mass is 32.2. The Bertz CT molecular complexity index is 646. The smallest absolute Gasteiger partial charge is 0.193 e. The average molecular weight is 300 g/mol. The Labute approximate surface area is 115 Å². The second-order valence-electron chi connectivity index (χ2n) is 5.19. The van der Waals surface area contributed by atoms with Gasteiger partial charge in [-0.15, -0.1) is 11.3 Å². The average Bonchev–Trinajstić information content (AvgIpc) is 2.93. The van der Waals surface area contributed by atoms with E-state index in [9.17, 15) is 13.5 Å². The first-order valence-electron chi connectivity index (χ1n) is 6.31. The maximum Gasteiger partial charge on any atom is 0.193 e. The Kier molecular flexibility index (Phi) is 3.36. The largest absolute Gasteiger partial charge is 0.393 e. The maximum atomic E-state index is 11.4. The van der Waals surface area contributed by atoms with Gasteiger partial charge in [-0.3, -0.25) is 4.40 Å². The summed E-state index contributed by atoms with van der Waals surface area (Å²) < 4.78 is 24.7. The van der Waals surface area contributed by atoms with Crippen molar-refractivity contribution in [1.29, 1.82) is 0 Å². The van der Waals surface area contributed by atoms with Crippen LogP contribution in [0, 0.1) is 5.92 Å². The van der Waals surface area contributed by atoms with Gasteiger partial charge < -0.3 is 5.11 Å². The number of sulfone groups is 1. The minimum Gasteiger partial charge on any atom is -0.393 e. The van der Waals surface area contributed by atoms with Gasteiger partial charge in [0, 0.05) is 24.2 Å². The van der Waals surface area contributed by atoms with Crippen LogP contribution in [0.1, 0.15) is 18.5 Å². The molecule has 0 saturated carbocycles. The summed E-state index contributed by atoms with van der Waals surface area (Å²) in [5.41, 5.74) is 0.861. The molecule has 0 spiro atoms. The number of hydrogen-bond acceptors (Lipinski definition) is 5. The van der Waals surface area contributed by atoms with Crippen molar-refractivity contribution in [1.82, 2.24) is 9.38 Å². The number of hydrogen-bond donors (Lipinski definition) is 1. The number of rotatable bonds is 4. The molecule has 0 amide bonds. The van der Waals surface area contributed by atoms with E-state index in [1.807, 2.05) is 22.2 Å². The number of thiazole rings is 1. The number of aliphatic hydroxyl groups is 1. The van der Waals surface area contributed by atoms with Gasteiger partial charge in [0.1, 0.15) is 0 Å². The highest BCUT2D eigenvalue weighted by Crippen LogP contribution is 2.24. The zero-order chi connectivity index (χ0) is 13.5. The Morgan fingerprint density at radius 1 is 1.58 bits per heavy atom. The maximum absolute atomic E-state index is 11.4. The van der Waals surface area contributed by atoms with E-state index in [4.69, 9.17) is 0 Å². The quantitative estimate of drug-likeness (QED) is 0.918. The molecule has 1 aliphatic rings. The summed E-state index contributed by atoms with van der Waals surface area (Å²) in [5.74, 6) is 0.594. The summed E-state index contributed by atoms with van der Waals surface area (Å²) >= 11 is 1.56. The molecule has 1 aliphatic heterocycles. The molecule has 2 aromatic heterocycles. The third kappa shape index (κ3) is 2.98. The van der Waals surface area contributed by atoms with Crippen LogP contribution in [0.25, 0.3) is 4.96 Å². The van der Waals surface area contributed by atoms with Crippen molar-refractivity contribution in [2.75, 3.05) is 11.5 Å². The third-order valence-corrected chi connectivity index (χ3v) is 6.13. The first-order valence-corrected chi connectivity index (χ1v) is 9.01. The van der Waals surface area contributed by atoms with E-state index in [1.54, 1.807) is 11.3 Å². The predicted octanol–water partition coefficient (Wildman–Crippen LogP) is 1.12. The number of aliphatic hydroxyl groups excluding tert-OH is 1. The van der Waals surface area contributed by atoms with Crippen LogP contribution in [0.2, 0.25) is 0 Å². The fourth-order valence-electron chi connectivity index (χ4n) is 2.64. The lowest BCUT2D eigenvalue weighted by molar-refractivity contribution is 0.146. The SMILES string of the molecule is O=S1(=O)CCC(CC(O)Cc2cn3ccsc3n2)C1. The molecule has 3 rings (SSSR count). The summed E-state index contributed by atoms with van der Waals surface area (Å²) in [5, 5.41) is 12.0. The molecule has 7 heteroatoms. The van der Waals surface area contributed by atoms with Gasteiger partial charge >= 0.3 is 0 Å². The molecule has 2 unspecified atom stereocenters. The Hall–Kier alpha value is -0.920. The molecule has 0 radical (unpaired) electrons. The van der Waals surface area contributed by atoms with E-state index in [1.165, 1.54) is 0 Å². The molecule has 1 saturated heterocycles. The minimum absolute atomic E-state index is 0.101. The summed E-state index contributed by atoms with van der Waals surface area (Å²) in [7, 11) is -2.85. The second kappa shape index (κ2) is 4.88. The topological polar surface area (TPSA) is 71.7 Å². The highest BCUT2D eigenvalue weighted by Gasteiger charge is 2.29. The predicted molar refractivity (Wildman–Crippen MR) is 74.2 cm³/mol. The number of aromatic nitrogens is 2. The van der Waals surface area contributed by atoms with Crippen molar-refractivity contribution in [2.45, 2.75) is 25.4 Å². The molecule has 0 aliphatic carbocycles. The number of imidazole rings is 1. The van der Waals surface area contributed by atoms with Crippen LogP contribution in [0.5, 0.6) is 0 Å². The molecule has 0 aromatic carbocycles. The first-order chi connectivity index (χ1) is 9.02. The van der Waals surface area contributed by atoms with Crippen LogP contribution in [0.3, 0.4) is 0 Å². The van der Waals surface area contributed by atoms with Gasteiger partial charge in [0.15, 0.2) is 14.8 Å². The molecular formula is C12H16N2O3S2. The van der Waals surface area contributed by atoms with Crippen LogP contribution < -0.4 is 0 Å². The first kappa shape index (κ1) is 13.1. The lowest BCUT2D eigenvalue weighted by Gasteiger charge is -2.13. The monoisotopic (exact) mass is 300 g/mol. The van der Waals surface area contributed by atoms with Crippen molar-refractivity contribution in [3.05, 3.63) is 23.5 Å². The fourth-order valence-corrected chi connectivity index (χ4v) is 5.24. The van der Waals surface area contributed by atoms with E-state index >= 15 is 0 Å². The lowest BCUT2D eigenvalue weighted by Crippen LogP contribution is -2.17. The molecule has 19 heavy (non-hydrogen) atoms. The standard InChI is InChI=1S/C12H16N2O3S2/c15-11(5-9-1-4-19(16,17)8-9)6-10-7-14-2-3-18-12(14)13-10/h2-3,7,9,11,15H,1,4-6,8H2. The van der Waals surface area contributed by atoms with Crippen LogP contribution in [-0.2, 0) is 16.3 Å². The van der Waals surface area contributed by atoms with E-state index in [2.05, 4.69) is 4.98 Å². The molecule has 104 valence electrons. The molecule has 0 bridgehead atoms. The van der Waals surface area contributed by atoms with Crippen molar-refractivity contribution < 1.29 is 13.5 Å². The number of nitrogens with zero attached hydrogens (tertiary/aromatic N) is 2. The Morgan fingerprint density at radius 2 is 2.42 bits per heavy atom. The highest BCUT2D eigenvalue weighted by molar-refractivity contribution is 7.91. The third-order valence-electron chi connectivity index (χ3n) is 3.52. The number of fused-ring (bicyclic) bond motifs is 1. The van der Waals surface area contributed by atoms with E-state index < -0.39 is 15.9 Å². The molecule has 2 aromatic rings. The molecular weight excluding hydrogens is 284 g/mol. The van der Waals surface area contributed by atoms with Crippen molar-refractivity contribution >= 4 is 26.1 Å². The van der Waals surface area contributed by atoms with Crippen molar-refractivity contribution in [2.24, 2.45) is 5.92 Å². The van der Waals surface area contributed by atoms with Crippen molar-refractivity contribution in [3.8, 4) is 0 Å². The molecule has 3 heterocycles. The second-order valence-corrected chi connectivity index (χ2v) is 8.29. The van der Waals surface area contributed by atoms with Crippen LogP contribution in [0.15, 0.2) is 17.8 Å². The molecule has 1 N–H and O–H groups in total. The van der Waals surface area contributed by atoms with Crippen LogP contribution >= 0.6 is 11.3 Å². The summed E-state index contributed by atoms with van der Waals surface area (Å²) in [6, 6.07) is 0. The molecule has 1 fully saturated rings. The van der Waals surface area contributed by atoms with Gasteiger partial charge in [-0.05, 0) is 18.8 Å². The van der Waals surface area contributed by atoms with Crippen LogP contribution in [-0.4, -0.2) is 40.5 Å². The Morgan fingerprint density at radius 3 is 3.11 bits per heavy atom. The van der Waals surface area contributed by atoms with Gasteiger partial charge in [-0.1, -0.05) is 0 Å². The van der Waals surface area contributed by atoms with E-state index in [-0.39, 0.29) is 17.4 Å². The van der Waals surface area contributed by atoms with E-state index in [0.29, 0.717) is 19.3 Å². The lowest BCUT2D eigenvalue weighted by atomic mass is 9.99. The van der Waals surface area contributed by atoms with Crippen LogP contribution in [0.4, 0.5) is 0 Å². The van der Waals surface area contributed by atoms with E-state index in [0.717, 1.165) is 10.7 Å². The molecule has 5 nitrogen and oxygen atoms in total. The Balaban J connectivity index is 1.59. The zero-order valence-corrected chi connectivity index (χ0v) is 12.0. The van der Waals surface area contributed by atoms with Gasteiger partial charge in [0.25, 0.3) is 0 Å². The molecule has 2 atom stereocenters. The van der Waals surface area contributed by atoms with Gasteiger partial charge in [0.05, 0.1) is 23.3 Å². The zero-order valence-electron chi connectivity index (χ0n) is 10.4. The summed E-state index contributed by atoms with van der Waals surface area (Å²) in [6.45, 7) is 0. The van der Waals surface area contributed by atoms with Crippen molar-refractivity contribution in [3.63, 3.8) is 0 Å². The summed E-state index contributed by atoms with van der Waals surface area (Å²) in [4.78, 5) is 5.34. The summed E-state index contributed by atoms with van der Waals surface area (Å²) in [6.07, 6.45) is 5.06. The van der Waals surface area contributed by atoms with Gasteiger partial charge in [-0.2, -0.15) is 0 Å². The van der Waals surface area contributed by atoms with Gasteiger partial charge in [0.2, 0.25) is 0 Å². The normalized spacial score (nSPS) is 23.9. The fraction of sp³-hybridized carbons (Fsp3) is 0.583.